The fourth-order valence-electron chi connectivity index (χ4n) is 1.40. The highest BCUT2D eigenvalue weighted by molar-refractivity contribution is 8.13. The lowest BCUT2D eigenvalue weighted by Gasteiger charge is -2.06. The molecular weight excluding hydrogens is 276 g/mol. The van der Waals surface area contributed by atoms with Crippen molar-refractivity contribution in [3.8, 4) is 0 Å². The van der Waals surface area contributed by atoms with Crippen LogP contribution in [0.4, 0.5) is 0 Å². The van der Waals surface area contributed by atoms with Gasteiger partial charge in [0, 0.05) is 10.7 Å². The van der Waals surface area contributed by atoms with Crippen LogP contribution in [-0.4, -0.2) is 21.0 Å². The fraction of sp³-hybridized carbons (Fsp3) is 0.417. The quantitative estimate of drug-likeness (QED) is 0.475. The number of hydrogen-bond acceptors (Lipinski definition) is 4. The number of rotatable bonds is 5. The number of carbonyl (C=O) groups is 1. The number of unbranched alkanes of at least 4 members (excludes halogenated alkanes) is 1. The van der Waals surface area contributed by atoms with E-state index in [2.05, 4.69) is 0 Å². The molecule has 0 unspecified atom stereocenters. The zero-order valence-corrected chi connectivity index (χ0v) is 11.8. The van der Waals surface area contributed by atoms with Crippen LogP contribution in [0.2, 0.25) is 0 Å². The van der Waals surface area contributed by atoms with Gasteiger partial charge in [-0.2, -0.15) is 0 Å². The van der Waals surface area contributed by atoms with Gasteiger partial charge in [-0.15, -0.1) is 0 Å². The van der Waals surface area contributed by atoms with Crippen LogP contribution in [0.5, 0.6) is 0 Å². The summed E-state index contributed by atoms with van der Waals surface area (Å²) in [5, 5.41) is 0. The monoisotopic (exact) mass is 290 g/mol. The van der Waals surface area contributed by atoms with E-state index >= 15 is 0 Å². The summed E-state index contributed by atoms with van der Waals surface area (Å²) >= 11 is 0. The molecule has 100 valence electrons. The van der Waals surface area contributed by atoms with Crippen molar-refractivity contribution >= 4 is 25.7 Å². The Bertz CT molecular complexity index is 537. The lowest BCUT2D eigenvalue weighted by atomic mass is 10.1. The van der Waals surface area contributed by atoms with E-state index in [9.17, 15) is 13.2 Å². The first-order valence-corrected chi connectivity index (χ1v) is 7.89. The van der Waals surface area contributed by atoms with Gasteiger partial charge in [0.05, 0.1) is 17.1 Å². The summed E-state index contributed by atoms with van der Waals surface area (Å²) in [7, 11) is 1.41. The molecule has 0 N–H and O–H groups in total. The fourth-order valence-corrected chi connectivity index (χ4v) is 2.26. The maximum absolute atomic E-state index is 11.7. The third-order valence-electron chi connectivity index (χ3n) is 2.30. The second-order valence-corrected chi connectivity index (χ2v) is 6.53. The molecule has 18 heavy (non-hydrogen) atoms. The molecule has 0 heterocycles. The average molecular weight is 291 g/mol. The molecule has 0 aromatic heterocycles. The van der Waals surface area contributed by atoms with Gasteiger partial charge in [-0.3, -0.25) is 0 Å². The molecule has 1 aromatic rings. The summed E-state index contributed by atoms with van der Waals surface area (Å²) in [6.07, 6.45) is 1.70. The smallest absolute Gasteiger partial charge is 0.338 e. The number of carbonyl (C=O) groups excluding carboxylic acids is 1. The Kier molecular flexibility index (Phi) is 5.16. The highest BCUT2D eigenvalue weighted by Gasteiger charge is 2.15. The molecule has 0 saturated heterocycles. The number of hydrogen-bond donors (Lipinski definition) is 0. The molecule has 6 heteroatoms. The molecule has 0 radical (unpaired) electrons. The standard InChI is InChI=1S/C12H15ClO4S/c1-3-4-5-17-12(14)10-6-9(2)7-11(8-10)18(13,15)16/h6-8H,3-5H2,1-2H3. The van der Waals surface area contributed by atoms with E-state index in [1.54, 1.807) is 13.0 Å². The number of esters is 1. The van der Waals surface area contributed by atoms with Gasteiger partial charge >= 0.3 is 5.97 Å². The minimum absolute atomic E-state index is 0.0911. The third kappa shape index (κ3) is 4.31. The first-order chi connectivity index (χ1) is 8.34. The van der Waals surface area contributed by atoms with Crippen molar-refractivity contribution in [2.75, 3.05) is 6.61 Å². The summed E-state index contributed by atoms with van der Waals surface area (Å²) < 4.78 is 27.5. The van der Waals surface area contributed by atoms with Gasteiger partial charge in [-0.05, 0) is 37.1 Å². The van der Waals surface area contributed by atoms with Crippen molar-refractivity contribution in [3.63, 3.8) is 0 Å². The van der Waals surface area contributed by atoms with Crippen molar-refractivity contribution in [2.45, 2.75) is 31.6 Å². The molecule has 0 aliphatic heterocycles. The van der Waals surface area contributed by atoms with Crippen molar-refractivity contribution in [1.29, 1.82) is 0 Å². The van der Waals surface area contributed by atoms with Crippen LogP contribution in [0.3, 0.4) is 0 Å². The van der Waals surface area contributed by atoms with E-state index in [4.69, 9.17) is 15.4 Å². The number of benzene rings is 1. The normalized spacial score (nSPS) is 11.3. The molecule has 0 saturated carbocycles. The van der Waals surface area contributed by atoms with Crippen LogP contribution in [0.25, 0.3) is 0 Å². The van der Waals surface area contributed by atoms with Crippen molar-refractivity contribution in [2.24, 2.45) is 0 Å². The SMILES string of the molecule is CCCCOC(=O)c1cc(C)cc(S(=O)(=O)Cl)c1. The Labute approximate surface area is 111 Å². The molecule has 1 aromatic carbocycles. The molecule has 0 amide bonds. The summed E-state index contributed by atoms with van der Waals surface area (Å²) in [5.74, 6) is -0.534. The Morgan fingerprint density at radius 3 is 2.56 bits per heavy atom. The molecule has 1 rings (SSSR count). The first-order valence-electron chi connectivity index (χ1n) is 5.58. The van der Waals surface area contributed by atoms with Gasteiger partial charge in [-0.1, -0.05) is 13.3 Å². The number of halogens is 1. The first kappa shape index (κ1) is 15.0. The number of ether oxygens (including phenoxy) is 1. The van der Waals surface area contributed by atoms with Crippen LogP contribution in [0.15, 0.2) is 23.1 Å². The molecular formula is C12H15ClO4S. The Balaban J connectivity index is 2.96. The van der Waals surface area contributed by atoms with Gasteiger partial charge in [0.2, 0.25) is 0 Å². The van der Waals surface area contributed by atoms with Crippen LogP contribution < -0.4 is 0 Å². The largest absolute Gasteiger partial charge is 0.462 e. The van der Waals surface area contributed by atoms with E-state index in [1.165, 1.54) is 12.1 Å². The lowest BCUT2D eigenvalue weighted by molar-refractivity contribution is 0.0499. The highest BCUT2D eigenvalue weighted by Crippen LogP contribution is 2.19. The minimum atomic E-state index is -3.84. The van der Waals surface area contributed by atoms with E-state index in [0.29, 0.717) is 12.2 Å². The molecule has 0 atom stereocenters. The van der Waals surface area contributed by atoms with Gasteiger partial charge in [0.25, 0.3) is 9.05 Å². The third-order valence-corrected chi connectivity index (χ3v) is 3.63. The van der Waals surface area contributed by atoms with E-state index < -0.39 is 15.0 Å². The Morgan fingerprint density at radius 2 is 2.00 bits per heavy atom. The van der Waals surface area contributed by atoms with E-state index in [0.717, 1.165) is 12.8 Å². The predicted molar refractivity (Wildman–Crippen MR) is 69.4 cm³/mol. The van der Waals surface area contributed by atoms with Crippen LogP contribution in [0.1, 0.15) is 35.7 Å². The van der Waals surface area contributed by atoms with Crippen LogP contribution >= 0.6 is 10.7 Å². The molecule has 0 spiro atoms. The highest BCUT2D eigenvalue weighted by atomic mass is 35.7. The van der Waals surface area contributed by atoms with Crippen molar-refractivity contribution in [3.05, 3.63) is 29.3 Å². The zero-order valence-electron chi connectivity index (χ0n) is 10.3. The molecule has 0 bridgehead atoms. The second kappa shape index (κ2) is 6.20. The maximum atomic E-state index is 11.7. The summed E-state index contributed by atoms with van der Waals surface area (Å²) in [6.45, 7) is 4.00. The van der Waals surface area contributed by atoms with Gasteiger partial charge < -0.3 is 4.74 Å². The zero-order chi connectivity index (χ0) is 13.8. The van der Waals surface area contributed by atoms with E-state index in [-0.39, 0.29) is 10.5 Å². The minimum Gasteiger partial charge on any atom is -0.462 e. The molecule has 4 nitrogen and oxygen atoms in total. The van der Waals surface area contributed by atoms with Gasteiger partial charge in [0.15, 0.2) is 0 Å². The average Bonchev–Trinajstić information content (AvgIpc) is 2.27. The number of aryl methyl sites for hydroxylation is 1. The Morgan fingerprint density at radius 1 is 1.33 bits per heavy atom. The van der Waals surface area contributed by atoms with Gasteiger partial charge in [-0.25, -0.2) is 13.2 Å². The maximum Gasteiger partial charge on any atom is 0.338 e. The molecule has 0 fully saturated rings. The van der Waals surface area contributed by atoms with Crippen LogP contribution in [0, 0.1) is 6.92 Å². The second-order valence-electron chi connectivity index (χ2n) is 3.96. The predicted octanol–water partition coefficient (Wildman–Crippen LogP) is 2.88. The van der Waals surface area contributed by atoms with E-state index in [1.807, 2.05) is 6.92 Å². The summed E-state index contributed by atoms with van der Waals surface area (Å²) in [5.41, 5.74) is 0.837. The van der Waals surface area contributed by atoms with Crippen LogP contribution in [-0.2, 0) is 13.8 Å². The molecule has 0 aliphatic carbocycles. The molecule has 0 aliphatic rings. The topological polar surface area (TPSA) is 60.4 Å². The van der Waals surface area contributed by atoms with Crippen molar-refractivity contribution < 1.29 is 17.9 Å². The summed E-state index contributed by atoms with van der Waals surface area (Å²) in [6, 6.07) is 4.20. The lowest BCUT2D eigenvalue weighted by Crippen LogP contribution is -2.07. The summed E-state index contributed by atoms with van der Waals surface area (Å²) in [4.78, 5) is 11.6. The van der Waals surface area contributed by atoms with Crippen molar-refractivity contribution in [1.82, 2.24) is 0 Å². The Hall–Kier alpha value is -1.07. The van der Waals surface area contributed by atoms with Gasteiger partial charge in [0.1, 0.15) is 0 Å².